The predicted molar refractivity (Wildman–Crippen MR) is 90.2 cm³/mol. The SMILES string of the molecule is CCC(Cc1cccc(Br)c1)C(=O)N1CCC(CNC)C1. The first-order valence-electron chi connectivity index (χ1n) is 7.81. The Morgan fingerprint density at radius 3 is 3.00 bits per heavy atom. The summed E-state index contributed by atoms with van der Waals surface area (Å²) in [4.78, 5) is 14.8. The average Bonchev–Trinajstić information content (AvgIpc) is 2.93. The number of likely N-dealkylation sites (tertiary alicyclic amines) is 1. The summed E-state index contributed by atoms with van der Waals surface area (Å²) in [5.74, 6) is 1.05. The lowest BCUT2D eigenvalue weighted by molar-refractivity contribution is -0.134. The van der Waals surface area contributed by atoms with Gasteiger partial charge in [-0.1, -0.05) is 35.0 Å². The molecule has 1 aromatic carbocycles. The summed E-state index contributed by atoms with van der Waals surface area (Å²) in [6, 6.07) is 8.28. The van der Waals surface area contributed by atoms with Gasteiger partial charge in [-0.15, -0.1) is 0 Å². The fraction of sp³-hybridized carbons (Fsp3) is 0.588. The van der Waals surface area contributed by atoms with Gasteiger partial charge in [-0.05, 0) is 56.5 Å². The van der Waals surface area contributed by atoms with E-state index in [4.69, 9.17) is 0 Å². The van der Waals surface area contributed by atoms with Crippen molar-refractivity contribution in [1.82, 2.24) is 10.2 Å². The fourth-order valence-electron chi connectivity index (χ4n) is 3.10. The molecule has 0 bridgehead atoms. The van der Waals surface area contributed by atoms with Gasteiger partial charge in [-0.2, -0.15) is 0 Å². The molecule has 4 heteroatoms. The van der Waals surface area contributed by atoms with Crippen LogP contribution >= 0.6 is 15.9 Å². The molecule has 2 atom stereocenters. The van der Waals surface area contributed by atoms with Crippen LogP contribution in [-0.2, 0) is 11.2 Å². The first-order valence-corrected chi connectivity index (χ1v) is 8.61. The fourth-order valence-corrected chi connectivity index (χ4v) is 3.55. The van der Waals surface area contributed by atoms with E-state index in [9.17, 15) is 4.79 Å². The maximum Gasteiger partial charge on any atom is 0.226 e. The Morgan fingerprint density at radius 1 is 1.52 bits per heavy atom. The number of carbonyl (C=O) groups is 1. The van der Waals surface area contributed by atoms with Crippen LogP contribution in [0.2, 0.25) is 0 Å². The third-order valence-electron chi connectivity index (χ3n) is 4.30. The van der Waals surface area contributed by atoms with Crippen LogP contribution in [-0.4, -0.2) is 37.5 Å². The number of hydrogen-bond donors (Lipinski definition) is 1. The Labute approximate surface area is 136 Å². The van der Waals surface area contributed by atoms with Gasteiger partial charge in [0, 0.05) is 23.5 Å². The van der Waals surface area contributed by atoms with Crippen LogP contribution in [0.1, 0.15) is 25.3 Å². The molecule has 1 aliphatic rings. The molecule has 1 amide bonds. The number of nitrogens with zero attached hydrogens (tertiary/aromatic N) is 1. The molecule has 0 radical (unpaired) electrons. The van der Waals surface area contributed by atoms with E-state index in [0.717, 1.165) is 43.4 Å². The molecule has 21 heavy (non-hydrogen) atoms. The molecule has 0 spiro atoms. The van der Waals surface area contributed by atoms with E-state index in [2.05, 4.69) is 45.2 Å². The maximum absolute atomic E-state index is 12.7. The Morgan fingerprint density at radius 2 is 2.33 bits per heavy atom. The molecule has 3 nitrogen and oxygen atoms in total. The number of benzene rings is 1. The summed E-state index contributed by atoms with van der Waals surface area (Å²) >= 11 is 3.50. The minimum absolute atomic E-state index is 0.104. The molecule has 1 aliphatic heterocycles. The Bertz CT molecular complexity index is 478. The van der Waals surface area contributed by atoms with Crippen molar-refractivity contribution in [2.75, 3.05) is 26.7 Å². The molecular formula is C17H25BrN2O. The van der Waals surface area contributed by atoms with E-state index >= 15 is 0 Å². The molecule has 116 valence electrons. The van der Waals surface area contributed by atoms with Gasteiger partial charge in [0.15, 0.2) is 0 Å². The maximum atomic E-state index is 12.7. The zero-order chi connectivity index (χ0) is 15.2. The van der Waals surface area contributed by atoms with Crippen molar-refractivity contribution >= 4 is 21.8 Å². The Hall–Kier alpha value is -0.870. The van der Waals surface area contributed by atoms with Crippen LogP contribution < -0.4 is 5.32 Å². The minimum Gasteiger partial charge on any atom is -0.342 e. The smallest absolute Gasteiger partial charge is 0.226 e. The van der Waals surface area contributed by atoms with E-state index in [-0.39, 0.29) is 5.92 Å². The highest BCUT2D eigenvalue weighted by molar-refractivity contribution is 9.10. The number of nitrogens with one attached hydrogen (secondary N) is 1. The standard InChI is InChI=1S/C17H25BrN2O/c1-3-15(9-13-5-4-6-16(18)10-13)17(21)20-8-7-14(12-20)11-19-2/h4-6,10,14-15,19H,3,7-9,11-12H2,1-2H3. The van der Waals surface area contributed by atoms with E-state index in [1.54, 1.807) is 0 Å². The van der Waals surface area contributed by atoms with Crippen molar-refractivity contribution in [1.29, 1.82) is 0 Å². The molecule has 0 saturated carbocycles. The lowest BCUT2D eigenvalue weighted by Crippen LogP contribution is -2.36. The van der Waals surface area contributed by atoms with Crippen LogP contribution in [0.5, 0.6) is 0 Å². The van der Waals surface area contributed by atoms with Crippen LogP contribution in [0, 0.1) is 11.8 Å². The predicted octanol–water partition coefficient (Wildman–Crippen LogP) is 3.09. The van der Waals surface area contributed by atoms with E-state index < -0.39 is 0 Å². The summed E-state index contributed by atoms with van der Waals surface area (Å²) < 4.78 is 1.08. The van der Waals surface area contributed by atoms with Crippen molar-refractivity contribution in [3.05, 3.63) is 34.3 Å². The van der Waals surface area contributed by atoms with Crippen molar-refractivity contribution in [2.24, 2.45) is 11.8 Å². The molecular weight excluding hydrogens is 328 g/mol. The van der Waals surface area contributed by atoms with Crippen LogP contribution in [0.4, 0.5) is 0 Å². The van der Waals surface area contributed by atoms with Crippen molar-refractivity contribution in [3.63, 3.8) is 0 Å². The van der Waals surface area contributed by atoms with Crippen LogP contribution in [0.3, 0.4) is 0 Å². The highest BCUT2D eigenvalue weighted by atomic mass is 79.9. The molecule has 1 fully saturated rings. The largest absolute Gasteiger partial charge is 0.342 e. The van der Waals surface area contributed by atoms with Crippen LogP contribution in [0.25, 0.3) is 0 Å². The van der Waals surface area contributed by atoms with Crippen LogP contribution in [0.15, 0.2) is 28.7 Å². The molecule has 0 aromatic heterocycles. The third kappa shape index (κ3) is 4.55. The van der Waals surface area contributed by atoms with Gasteiger partial charge in [-0.3, -0.25) is 4.79 Å². The first-order chi connectivity index (χ1) is 10.1. The average molecular weight is 353 g/mol. The van der Waals surface area contributed by atoms with Gasteiger partial charge in [0.25, 0.3) is 0 Å². The number of amides is 1. The number of hydrogen-bond acceptors (Lipinski definition) is 2. The van der Waals surface area contributed by atoms with Gasteiger partial charge in [0.05, 0.1) is 0 Å². The summed E-state index contributed by atoms with van der Waals surface area (Å²) in [5.41, 5.74) is 1.23. The zero-order valence-corrected chi connectivity index (χ0v) is 14.5. The highest BCUT2D eigenvalue weighted by Gasteiger charge is 2.29. The molecule has 1 aromatic rings. The normalized spacial score (nSPS) is 19.8. The van der Waals surface area contributed by atoms with Gasteiger partial charge < -0.3 is 10.2 Å². The topological polar surface area (TPSA) is 32.3 Å². The molecule has 1 heterocycles. The molecule has 1 N–H and O–H groups in total. The zero-order valence-electron chi connectivity index (χ0n) is 12.9. The summed E-state index contributed by atoms with van der Waals surface area (Å²) in [6.07, 6.45) is 2.86. The second-order valence-corrected chi connectivity index (χ2v) is 6.85. The van der Waals surface area contributed by atoms with E-state index in [1.807, 2.05) is 19.2 Å². The number of carbonyl (C=O) groups excluding carboxylic acids is 1. The van der Waals surface area contributed by atoms with Crippen molar-refractivity contribution in [3.8, 4) is 0 Å². The second-order valence-electron chi connectivity index (χ2n) is 5.94. The van der Waals surface area contributed by atoms with Gasteiger partial charge in [-0.25, -0.2) is 0 Å². The monoisotopic (exact) mass is 352 g/mol. The molecule has 1 saturated heterocycles. The minimum atomic E-state index is 0.104. The Balaban J connectivity index is 1.96. The molecule has 2 rings (SSSR count). The lowest BCUT2D eigenvalue weighted by atomic mass is 9.95. The van der Waals surface area contributed by atoms with E-state index in [1.165, 1.54) is 5.56 Å². The quantitative estimate of drug-likeness (QED) is 0.853. The summed E-state index contributed by atoms with van der Waals surface area (Å²) in [7, 11) is 1.98. The number of halogens is 1. The van der Waals surface area contributed by atoms with Crippen molar-refractivity contribution in [2.45, 2.75) is 26.2 Å². The number of rotatable bonds is 6. The molecule has 2 unspecified atom stereocenters. The highest BCUT2D eigenvalue weighted by Crippen LogP contribution is 2.22. The molecule has 0 aliphatic carbocycles. The van der Waals surface area contributed by atoms with Gasteiger partial charge in [0.2, 0.25) is 5.91 Å². The van der Waals surface area contributed by atoms with Gasteiger partial charge in [0.1, 0.15) is 0 Å². The first kappa shape index (κ1) is 16.5. The van der Waals surface area contributed by atoms with E-state index in [0.29, 0.717) is 11.8 Å². The second kappa shape index (κ2) is 7.95. The lowest BCUT2D eigenvalue weighted by Gasteiger charge is -2.23. The summed E-state index contributed by atoms with van der Waals surface area (Å²) in [5, 5.41) is 3.22. The Kier molecular flexibility index (Phi) is 6.24. The van der Waals surface area contributed by atoms with Gasteiger partial charge >= 0.3 is 0 Å². The van der Waals surface area contributed by atoms with Crippen molar-refractivity contribution < 1.29 is 4.79 Å². The third-order valence-corrected chi connectivity index (χ3v) is 4.80. The summed E-state index contributed by atoms with van der Waals surface area (Å²) in [6.45, 7) is 4.95.